The van der Waals surface area contributed by atoms with Crippen LogP contribution in [0.3, 0.4) is 0 Å². The first-order chi connectivity index (χ1) is 5.13. The Morgan fingerprint density at radius 2 is 2.00 bits per heavy atom. The predicted molar refractivity (Wildman–Crippen MR) is 37.3 cm³/mol. The number of aliphatic hydroxyl groups excluding tert-OH is 1. The largest absolute Gasteiger partial charge is 0.387 e. The van der Waals surface area contributed by atoms with Crippen molar-refractivity contribution in [2.24, 2.45) is 11.7 Å². The minimum atomic E-state index is -2.65. The van der Waals surface area contributed by atoms with Gasteiger partial charge in [0, 0.05) is 12.0 Å². The summed E-state index contributed by atoms with van der Waals surface area (Å²) in [7, 11) is 0. The Kier molecular flexibility index (Phi) is 2.78. The SMILES string of the molecule is NC1CCCC1C(O)C(F)F. The van der Waals surface area contributed by atoms with E-state index < -0.39 is 18.4 Å². The lowest BCUT2D eigenvalue weighted by Crippen LogP contribution is -2.37. The van der Waals surface area contributed by atoms with Crippen molar-refractivity contribution in [1.29, 1.82) is 0 Å². The Morgan fingerprint density at radius 1 is 1.36 bits per heavy atom. The van der Waals surface area contributed by atoms with Crippen LogP contribution >= 0.6 is 0 Å². The fourth-order valence-electron chi connectivity index (χ4n) is 1.63. The molecule has 0 aliphatic heterocycles. The molecule has 1 saturated carbocycles. The smallest absolute Gasteiger partial charge is 0.264 e. The van der Waals surface area contributed by atoms with Crippen molar-refractivity contribution in [2.45, 2.75) is 37.8 Å². The van der Waals surface area contributed by atoms with Crippen molar-refractivity contribution < 1.29 is 13.9 Å². The summed E-state index contributed by atoms with van der Waals surface area (Å²) in [5, 5.41) is 8.97. The zero-order chi connectivity index (χ0) is 8.43. The van der Waals surface area contributed by atoms with Crippen molar-refractivity contribution in [3.05, 3.63) is 0 Å². The molecule has 3 atom stereocenters. The number of rotatable bonds is 2. The van der Waals surface area contributed by atoms with Gasteiger partial charge < -0.3 is 10.8 Å². The average molecular weight is 165 g/mol. The fourth-order valence-corrected chi connectivity index (χ4v) is 1.63. The van der Waals surface area contributed by atoms with Crippen molar-refractivity contribution in [2.75, 3.05) is 0 Å². The van der Waals surface area contributed by atoms with Gasteiger partial charge in [0.1, 0.15) is 6.10 Å². The maximum Gasteiger partial charge on any atom is 0.264 e. The molecule has 0 bridgehead atoms. The number of aliphatic hydroxyl groups is 1. The van der Waals surface area contributed by atoms with Crippen LogP contribution in [0.4, 0.5) is 8.78 Å². The van der Waals surface area contributed by atoms with Crippen LogP contribution in [-0.2, 0) is 0 Å². The Balaban J connectivity index is 2.45. The third-order valence-electron chi connectivity index (χ3n) is 2.32. The maximum atomic E-state index is 11.9. The monoisotopic (exact) mass is 165 g/mol. The topological polar surface area (TPSA) is 46.2 Å². The quantitative estimate of drug-likeness (QED) is 0.634. The second-order valence-corrected chi connectivity index (χ2v) is 3.08. The lowest BCUT2D eigenvalue weighted by molar-refractivity contribution is -0.0404. The van der Waals surface area contributed by atoms with Crippen molar-refractivity contribution in [3.8, 4) is 0 Å². The summed E-state index contributed by atoms with van der Waals surface area (Å²) < 4.78 is 23.9. The molecule has 4 heteroatoms. The lowest BCUT2D eigenvalue weighted by Gasteiger charge is -2.20. The molecular formula is C7H13F2NO. The molecule has 3 N–H and O–H groups in total. The van der Waals surface area contributed by atoms with Crippen molar-refractivity contribution >= 4 is 0 Å². The van der Waals surface area contributed by atoms with Gasteiger partial charge in [-0.25, -0.2) is 8.78 Å². The van der Waals surface area contributed by atoms with Crippen LogP contribution in [0.1, 0.15) is 19.3 Å². The molecule has 0 aromatic heterocycles. The molecule has 0 spiro atoms. The van der Waals surface area contributed by atoms with Crippen molar-refractivity contribution in [3.63, 3.8) is 0 Å². The molecule has 1 rings (SSSR count). The molecular weight excluding hydrogens is 152 g/mol. The van der Waals surface area contributed by atoms with Gasteiger partial charge >= 0.3 is 0 Å². The van der Waals surface area contributed by atoms with Crippen LogP contribution in [0.15, 0.2) is 0 Å². The van der Waals surface area contributed by atoms with E-state index in [1.165, 1.54) is 0 Å². The number of alkyl halides is 2. The molecule has 11 heavy (non-hydrogen) atoms. The van der Waals surface area contributed by atoms with E-state index in [0.29, 0.717) is 6.42 Å². The van der Waals surface area contributed by atoms with Gasteiger partial charge in [-0.1, -0.05) is 6.42 Å². The van der Waals surface area contributed by atoms with Gasteiger partial charge in [-0.3, -0.25) is 0 Å². The highest BCUT2D eigenvalue weighted by molar-refractivity contribution is 4.85. The summed E-state index contributed by atoms with van der Waals surface area (Å²) >= 11 is 0. The second kappa shape index (κ2) is 3.45. The Bertz CT molecular complexity index is 132. The molecule has 0 aromatic rings. The van der Waals surface area contributed by atoms with E-state index in [1.54, 1.807) is 0 Å². The zero-order valence-electron chi connectivity index (χ0n) is 6.21. The molecule has 1 aliphatic rings. The van der Waals surface area contributed by atoms with E-state index >= 15 is 0 Å². The van der Waals surface area contributed by atoms with Gasteiger partial charge in [-0.2, -0.15) is 0 Å². The van der Waals surface area contributed by atoms with Crippen LogP contribution in [0.25, 0.3) is 0 Å². The minimum Gasteiger partial charge on any atom is -0.387 e. The van der Waals surface area contributed by atoms with Gasteiger partial charge in [0.05, 0.1) is 0 Å². The average Bonchev–Trinajstić information content (AvgIpc) is 2.33. The van der Waals surface area contributed by atoms with Crippen LogP contribution in [0, 0.1) is 5.92 Å². The molecule has 0 radical (unpaired) electrons. The van der Waals surface area contributed by atoms with E-state index in [4.69, 9.17) is 10.8 Å². The fraction of sp³-hybridized carbons (Fsp3) is 1.00. The van der Waals surface area contributed by atoms with Gasteiger partial charge in [0.2, 0.25) is 0 Å². The summed E-state index contributed by atoms with van der Waals surface area (Å²) in [4.78, 5) is 0. The molecule has 1 aliphatic carbocycles. The van der Waals surface area contributed by atoms with Crippen LogP contribution in [0.2, 0.25) is 0 Å². The molecule has 1 fully saturated rings. The van der Waals surface area contributed by atoms with Gasteiger partial charge in [-0.05, 0) is 12.8 Å². The molecule has 0 heterocycles. The van der Waals surface area contributed by atoms with E-state index in [9.17, 15) is 8.78 Å². The number of hydrogen-bond acceptors (Lipinski definition) is 2. The molecule has 66 valence electrons. The Morgan fingerprint density at radius 3 is 2.36 bits per heavy atom. The first-order valence-corrected chi connectivity index (χ1v) is 3.84. The van der Waals surface area contributed by atoms with Crippen LogP contribution in [-0.4, -0.2) is 23.7 Å². The molecule has 3 unspecified atom stereocenters. The standard InChI is InChI=1S/C7H13F2NO/c8-7(9)6(11)4-2-1-3-5(4)10/h4-7,11H,1-3,10H2. The first kappa shape index (κ1) is 8.87. The third kappa shape index (κ3) is 1.87. The highest BCUT2D eigenvalue weighted by Crippen LogP contribution is 2.29. The summed E-state index contributed by atoms with van der Waals surface area (Å²) in [6, 6.07) is -0.237. The molecule has 0 aromatic carbocycles. The maximum absolute atomic E-state index is 11.9. The lowest BCUT2D eigenvalue weighted by atomic mass is 9.98. The number of nitrogens with two attached hydrogens (primary N) is 1. The second-order valence-electron chi connectivity index (χ2n) is 3.08. The highest BCUT2D eigenvalue weighted by Gasteiger charge is 2.35. The van der Waals surface area contributed by atoms with E-state index in [2.05, 4.69) is 0 Å². The van der Waals surface area contributed by atoms with Crippen molar-refractivity contribution in [1.82, 2.24) is 0 Å². The molecule has 0 amide bonds. The summed E-state index contributed by atoms with van der Waals surface area (Å²) in [6.45, 7) is 0. The number of halogens is 2. The van der Waals surface area contributed by atoms with E-state index in [0.717, 1.165) is 12.8 Å². The zero-order valence-corrected chi connectivity index (χ0v) is 6.21. The Hall–Kier alpha value is -0.220. The molecule has 2 nitrogen and oxygen atoms in total. The van der Waals surface area contributed by atoms with Gasteiger partial charge in [0.15, 0.2) is 0 Å². The summed E-state index contributed by atoms with van der Waals surface area (Å²) in [5.41, 5.74) is 5.52. The van der Waals surface area contributed by atoms with E-state index in [-0.39, 0.29) is 6.04 Å². The van der Waals surface area contributed by atoms with Gasteiger partial charge in [0.25, 0.3) is 6.43 Å². The first-order valence-electron chi connectivity index (χ1n) is 3.84. The normalized spacial score (nSPS) is 34.6. The minimum absolute atomic E-state index is 0.237. The van der Waals surface area contributed by atoms with E-state index in [1.807, 2.05) is 0 Å². The van der Waals surface area contributed by atoms with Gasteiger partial charge in [-0.15, -0.1) is 0 Å². The van der Waals surface area contributed by atoms with Crippen LogP contribution < -0.4 is 5.73 Å². The summed E-state index contributed by atoms with van der Waals surface area (Å²) in [6.07, 6.45) is -1.92. The molecule has 0 saturated heterocycles. The highest BCUT2D eigenvalue weighted by atomic mass is 19.3. The third-order valence-corrected chi connectivity index (χ3v) is 2.32. The van der Waals surface area contributed by atoms with Crippen LogP contribution in [0.5, 0.6) is 0 Å². The summed E-state index contributed by atoms with van der Waals surface area (Å²) in [5.74, 6) is -0.394. The Labute approximate surface area is 64.4 Å². The predicted octanol–water partition coefficient (Wildman–Crippen LogP) is 0.740. The number of hydrogen-bond donors (Lipinski definition) is 2.